The van der Waals surface area contributed by atoms with E-state index in [1.807, 2.05) is 18.2 Å². The first-order valence-electron chi connectivity index (χ1n) is 20.0. The van der Waals surface area contributed by atoms with Gasteiger partial charge in [-0.25, -0.2) is 0 Å². The Kier molecular flexibility index (Phi) is 11.2. The van der Waals surface area contributed by atoms with Crippen LogP contribution in [0.15, 0.2) is 60.7 Å². The first-order valence-corrected chi connectivity index (χ1v) is 20.4. The van der Waals surface area contributed by atoms with Crippen molar-refractivity contribution in [2.45, 2.75) is 63.5 Å². The van der Waals surface area contributed by atoms with Crippen LogP contribution < -0.4 is 25.2 Å². The molecule has 1 saturated carbocycles. The highest BCUT2D eigenvalue weighted by Crippen LogP contribution is 2.33. The summed E-state index contributed by atoms with van der Waals surface area (Å²) in [6.45, 7) is 6.44. The topological polar surface area (TPSA) is 155 Å². The Morgan fingerprint density at radius 1 is 0.789 bits per heavy atom. The molecular formula is C43H46ClN7O6. The van der Waals surface area contributed by atoms with Crippen molar-refractivity contribution in [1.29, 1.82) is 5.26 Å². The maximum Gasteiger partial charge on any atom is 0.262 e. The van der Waals surface area contributed by atoms with E-state index in [0.717, 1.165) is 106 Å². The Bertz CT molecular complexity index is 2100. The molecule has 0 spiro atoms. The molecule has 3 saturated heterocycles. The average Bonchev–Trinajstić information content (AvgIpc) is 3.47. The molecule has 4 aliphatic heterocycles. The maximum absolute atomic E-state index is 13.3. The zero-order chi connectivity index (χ0) is 39.6. The molecule has 3 aromatic carbocycles. The highest BCUT2D eigenvalue weighted by atomic mass is 35.5. The number of carbonyl (C=O) groups is 5. The van der Waals surface area contributed by atoms with Gasteiger partial charge in [0.1, 0.15) is 17.9 Å². The van der Waals surface area contributed by atoms with E-state index in [9.17, 15) is 24.0 Å². The number of hydrogen-bond donors (Lipinski definition) is 2. The van der Waals surface area contributed by atoms with Crippen LogP contribution in [0.2, 0.25) is 5.02 Å². The zero-order valence-corrected chi connectivity index (χ0v) is 32.5. The van der Waals surface area contributed by atoms with Crippen LogP contribution in [-0.4, -0.2) is 97.3 Å². The lowest BCUT2D eigenvalue weighted by atomic mass is 9.86. The van der Waals surface area contributed by atoms with Gasteiger partial charge in [-0.05, 0) is 105 Å². The number of fused-ring (bicyclic) bond motifs is 1. The van der Waals surface area contributed by atoms with Crippen LogP contribution in [0.4, 0.5) is 17.1 Å². The molecule has 5 aliphatic rings. The van der Waals surface area contributed by atoms with Crippen LogP contribution in [0.25, 0.3) is 0 Å². The molecule has 57 heavy (non-hydrogen) atoms. The van der Waals surface area contributed by atoms with Crippen LogP contribution in [0, 0.1) is 23.2 Å². The number of ether oxygens (including phenoxy) is 1. The average molecular weight is 792 g/mol. The molecule has 5 amide bonds. The number of piperidine rings is 2. The predicted molar refractivity (Wildman–Crippen MR) is 214 cm³/mol. The third kappa shape index (κ3) is 8.34. The Morgan fingerprint density at radius 3 is 2.16 bits per heavy atom. The molecule has 4 heterocycles. The number of benzene rings is 3. The lowest BCUT2D eigenvalue weighted by Gasteiger charge is -2.40. The molecule has 8 rings (SSSR count). The fourth-order valence-corrected chi connectivity index (χ4v) is 9.09. The predicted octanol–water partition coefficient (Wildman–Crippen LogP) is 5.23. The third-order valence-corrected chi connectivity index (χ3v) is 12.5. The van der Waals surface area contributed by atoms with Crippen molar-refractivity contribution < 1.29 is 28.7 Å². The first kappa shape index (κ1) is 38.4. The molecule has 296 valence electrons. The van der Waals surface area contributed by atoms with Gasteiger partial charge in [0.05, 0.1) is 27.8 Å². The molecule has 0 bridgehead atoms. The van der Waals surface area contributed by atoms with E-state index < -0.39 is 29.7 Å². The Labute approximate surface area is 336 Å². The lowest BCUT2D eigenvalue weighted by molar-refractivity contribution is -0.136. The second kappa shape index (κ2) is 16.6. The summed E-state index contributed by atoms with van der Waals surface area (Å²) in [6.07, 6.45) is 5.51. The van der Waals surface area contributed by atoms with Gasteiger partial charge < -0.3 is 19.9 Å². The second-order valence-corrected chi connectivity index (χ2v) is 16.2. The number of nitrogens with zero attached hydrogens (tertiary/aromatic N) is 5. The maximum atomic E-state index is 13.3. The summed E-state index contributed by atoms with van der Waals surface area (Å²) in [5.41, 5.74) is 3.88. The van der Waals surface area contributed by atoms with Crippen molar-refractivity contribution in [2.75, 3.05) is 60.9 Å². The summed E-state index contributed by atoms with van der Waals surface area (Å²) in [5, 5.41) is 14.8. The minimum atomic E-state index is -0.970. The van der Waals surface area contributed by atoms with Gasteiger partial charge in [0, 0.05) is 81.3 Å². The van der Waals surface area contributed by atoms with Crippen LogP contribution in [0.1, 0.15) is 77.6 Å². The number of halogens is 1. The minimum absolute atomic E-state index is 0.0147. The summed E-state index contributed by atoms with van der Waals surface area (Å²) in [4.78, 5) is 71.8. The molecule has 3 aromatic rings. The molecule has 2 N–H and O–H groups in total. The van der Waals surface area contributed by atoms with E-state index >= 15 is 0 Å². The number of piperazine rings is 1. The molecule has 1 unspecified atom stereocenters. The molecular weight excluding hydrogens is 746 g/mol. The van der Waals surface area contributed by atoms with Crippen molar-refractivity contribution in [3.05, 3.63) is 82.4 Å². The molecule has 1 aliphatic carbocycles. The molecule has 14 heteroatoms. The molecule has 0 radical (unpaired) electrons. The standard InChI is InChI=1S/C43H46ClN7O6/c44-37-24-34(11-3-29(37)25-45)57-33-9-1-28(2-10-33)40(53)46-30-4-6-31(7-5-30)49-17-15-27(16-18-49)26-48-19-21-50(22-20-48)32-8-12-35-36(23-32)43(56)51(42(35)55)38-13-14-39(52)47-41(38)54/h3-8,11-12,23-24,27-28,33,38H,1-2,9-10,13-22,26H2,(H,46,53)(H,47,52,54). The number of imide groups is 2. The summed E-state index contributed by atoms with van der Waals surface area (Å²) in [6, 6.07) is 19.7. The number of rotatable bonds is 9. The molecule has 4 fully saturated rings. The van der Waals surface area contributed by atoms with Gasteiger partial charge in [-0.2, -0.15) is 5.26 Å². The van der Waals surface area contributed by atoms with Gasteiger partial charge in [0.2, 0.25) is 17.7 Å². The fourth-order valence-electron chi connectivity index (χ4n) is 8.88. The van der Waals surface area contributed by atoms with E-state index in [1.54, 1.807) is 30.3 Å². The highest BCUT2D eigenvalue weighted by Gasteiger charge is 2.45. The van der Waals surface area contributed by atoms with E-state index in [0.29, 0.717) is 33.4 Å². The van der Waals surface area contributed by atoms with Gasteiger partial charge in [-0.3, -0.25) is 39.1 Å². The van der Waals surface area contributed by atoms with Crippen molar-refractivity contribution in [3.8, 4) is 11.8 Å². The first-order chi connectivity index (χ1) is 27.6. The van der Waals surface area contributed by atoms with Crippen LogP contribution in [0.5, 0.6) is 5.75 Å². The Hall–Kier alpha value is -5.45. The number of nitriles is 1. The second-order valence-electron chi connectivity index (χ2n) is 15.8. The van der Waals surface area contributed by atoms with Crippen LogP contribution in [0.3, 0.4) is 0 Å². The lowest BCUT2D eigenvalue weighted by Crippen LogP contribution is -2.54. The highest BCUT2D eigenvalue weighted by molar-refractivity contribution is 6.31. The number of carbonyl (C=O) groups excluding carboxylic acids is 5. The largest absolute Gasteiger partial charge is 0.490 e. The fraction of sp³-hybridized carbons (Fsp3) is 0.442. The third-order valence-electron chi connectivity index (χ3n) is 12.2. The van der Waals surface area contributed by atoms with E-state index in [1.165, 1.54) is 0 Å². The molecule has 1 atom stereocenters. The normalized spacial score (nSPS) is 23.2. The van der Waals surface area contributed by atoms with E-state index in [4.69, 9.17) is 21.6 Å². The van der Waals surface area contributed by atoms with Gasteiger partial charge in [-0.15, -0.1) is 0 Å². The van der Waals surface area contributed by atoms with Crippen LogP contribution >= 0.6 is 11.6 Å². The number of nitrogens with one attached hydrogen (secondary N) is 2. The summed E-state index contributed by atoms with van der Waals surface area (Å²) in [5.74, 6) is -0.733. The summed E-state index contributed by atoms with van der Waals surface area (Å²) < 4.78 is 6.09. The SMILES string of the molecule is N#Cc1ccc(OC2CCC(C(=O)Nc3ccc(N4CCC(CN5CCN(c6ccc7c(c6)C(=O)N(C6CCC(=O)NC6=O)C7=O)CC5)CC4)cc3)CC2)cc1Cl. The van der Waals surface area contributed by atoms with E-state index in [2.05, 4.69) is 43.5 Å². The number of anilines is 3. The summed E-state index contributed by atoms with van der Waals surface area (Å²) >= 11 is 6.15. The minimum Gasteiger partial charge on any atom is -0.490 e. The van der Waals surface area contributed by atoms with E-state index in [-0.39, 0.29) is 30.8 Å². The van der Waals surface area contributed by atoms with Gasteiger partial charge in [-0.1, -0.05) is 11.6 Å². The number of hydrogen-bond acceptors (Lipinski definition) is 10. The monoisotopic (exact) mass is 791 g/mol. The number of amides is 5. The smallest absolute Gasteiger partial charge is 0.262 e. The van der Waals surface area contributed by atoms with Crippen molar-refractivity contribution in [1.82, 2.24) is 15.1 Å². The molecule has 0 aromatic heterocycles. The Morgan fingerprint density at radius 2 is 1.47 bits per heavy atom. The van der Waals surface area contributed by atoms with Crippen molar-refractivity contribution in [3.63, 3.8) is 0 Å². The van der Waals surface area contributed by atoms with Gasteiger partial charge >= 0.3 is 0 Å². The van der Waals surface area contributed by atoms with Gasteiger partial charge in [0.25, 0.3) is 11.8 Å². The van der Waals surface area contributed by atoms with Crippen molar-refractivity contribution in [2.24, 2.45) is 11.8 Å². The van der Waals surface area contributed by atoms with Crippen molar-refractivity contribution >= 4 is 58.2 Å². The Balaban J connectivity index is 0.751. The zero-order valence-electron chi connectivity index (χ0n) is 31.8. The summed E-state index contributed by atoms with van der Waals surface area (Å²) in [7, 11) is 0. The molecule has 13 nitrogen and oxygen atoms in total. The van der Waals surface area contributed by atoms with Crippen LogP contribution in [-0.2, 0) is 14.4 Å². The quantitative estimate of drug-likeness (QED) is 0.276. The van der Waals surface area contributed by atoms with Gasteiger partial charge in [0.15, 0.2) is 0 Å².